The number of ketones is 1. The lowest BCUT2D eigenvalue weighted by molar-refractivity contribution is 0.101. The number of aromatic hydroxyl groups is 1. The van der Waals surface area contributed by atoms with Gasteiger partial charge in [-0.1, -0.05) is 5.16 Å². The molecular formula is C17H14N6O3. The fourth-order valence-electron chi connectivity index (χ4n) is 2.87. The minimum atomic E-state index is -0.228. The molecule has 3 aromatic heterocycles. The number of carbonyl (C=O) groups is 1. The van der Waals surface area contributed by atoms with Crippen LogP contribution in [-0.2, 0) is 0 Å². The molecule has 0 aliphatic rings. The van der Waals surface area contributed by atoms with Crippen molar-refractivity contribution in [2.45, 2.75) is 6.92 Å². The Labute approximate surface area is 146 Å². The number of nitrogens with two attached hydrogens (primary N) is 2. The Morgan fingerprint density at radius 3 is 2.73 bits per heavy atom. The molecule has 3 heterocycles. The van der Waals surface area contributed by atoms with Gasteiger partial charge < -0.3 is 21.1 Å². The summed E-state index contributed by atoms with van der Waals surface area (Å²) in [6.07, 6.45) is 4.86. The summed E-state index contributed by atoms with van der Waals surface area (Å²) in [4.78, 5) is 16.2. The van der Waals surface area contributed by atoms with Crippen molar-refractivity contribution in [3.63, 3.8) is 0 Å². The van der Waals surface area contributed by atoms with Gasteiger partial charge >= 0.3 is 0 Å². The van der Waals surface area contributed by atoms with Gasteiger partial charge in [0.1, 0.15) is 5.75 Å². The van der Waals surface area contributed by atoms with Gasteiger partial charge in [0.25, 0.3) is 0 Å². The number of rotatable bonds is 3. The number of nitrogens with one attached hydrogen (secondary N) is 1. The molecule has 0 unspecified atom stereocenters. The highest BCUT2D eigenvalue weighted by atomic mass is 16.5. The number of nitrogen functional groups attached to an aromatic ring is 2. The fourth-order valence-corrected chi connectivity index (χ4v) is 2.87. The number of aromatic amines is 1. The van der Waals surface area contributed by atoms with Crippen molar-refractivity contribution in [1.29, 1.82) is 0 Å². The summed E-state index contributed by atoms with van der Waals surface area (Å²) in [5.41, 5.74) is 14.7. The van der Waals surface area contributed by atoms with E-state index in [1.807, 2.05) is 0 Å². The van der Waals surface area contributed by atoms with Crippen LogP contribution in [0.1, 0.15) is 17.3 Å². The molecule has 0 aliphatic heterocycles. The SMILES string of the molecule is CC(=O)c1cc(-c2ncc(-c3cn[nH]c3)c3onc(N)c23)c(O)cc1N. The minimum absolute atomic E-state index is 0.119. The van der Waals surface area contributed by atoms with Gasteiger partial charge in [0.2, 0.25) is 0 Å². The Hall–Kier alpha value is -3.88. The molecule has 0 saturated heterocycles. The molecule has 0 spiro atoms. The molecule has 1 aromatic carbocycles. The summed E-state index contributed by atoms with van der Waals surface area (Å²) in [5.74, 6) is -0.236. The number of benzene rings is 1. The summed E-state index contributed by atoms with van der Waals surface area (Å²) in [5, 5.41) is 21.2. The summed E-state index contributed by atoms with van der Waals surface area (Å²) < 4.78 is 5.38. The van der Waals surface area contributed by atoms with Gasteiger partial charge in [0.15, 0.2) is 17.2 Å². The molecule has 0 saturated carbocycles. The zero-order chi connectivity index (χ0) is 18.4. The van der Waals surface area contributed by atoms with E-state index in [9.17, 15) is 9.90 Å². The Bertz CT molecular complexity index is 1150. The molecule has 0 amide bonds. The standard InChI is InChI=1S/C17H14N6O3/c1-7(24)9-2-10(13(25)3-12(9)18)15-14-16(26-23-17(14)19)11(6-20-15)8-4-21-22-5-8/h2-6,25H,18H2,1H3,(H2,19,23)(H,21,22). The van der Waals surface area contributed by atoms with Gasteiger partial charge in [0, 0.05) is 46.4 Å². The molecule has 0 atom stereocenters. The molecule has 0 aliphatic carbocycles. The summed E-state index contributed by atoms with van der Waals surface area (Å²) in [6.45, 7) is 1.39. The Balaban J connectivity index is 2.03. The van der Waals surface area contributed by atoms with Crippen LogP contribution in [0.15, 0.2) is 35.2 Å². The van der Waals surface area contributed by atoms with Gasteiger partial charge in [-0.25, -0.2) is 0 Å². The normalized spacial score (nSPS) is 11.1. The lowest BCUT2D eigenvalue weighted by Gasteiger charge is -2.10. The number of aromatic nitrogens is 4. The summed E-state index contributed by atoms with van der Waals surface area (Å²) >= 11 is 0. The third-order valence-corrected chi connectivity index (χ3v) is 4.13. The molecule has 9 heteroatoms. The molecule has 4 rings (SSSR count). The maximum Gasteiger partial charge on any atom is 0.180 e. The van der Waals surface area contributed by atoms with Crippen LogP contribution in [-0.4, -0.2) is 31.2 Å². The quantitative estimate of drug-likeness (QED) is 0.324. The second kappa shape index (κ2) is 5.59. The van der Waals surface area contributed by atoms with E-state index in [1.54, 1.807) is 18.6 Å². The number of pyridine rings is 1. The van der Waals surface area contributed by atoms with Gasteiger partial charge in [-0.05, 0) is 13.0 Å². The van der Waals surface area contributed by atoms with Crippen molar-refractivity contribution < 1.29 is 14.4 Å². The predicted molar refractivity (Wildman–Crippen MR) is 95.3 cm³/mol. The first-order chi connectivity index (χ1) is 12.5. The lowest BCUT2D eigenvalue weighted by Crippen LogP contribution is -2.01. The summed E-state index contributed by atoms with van der Waals surface area (Å²) in [7, 11) is 0. The lowest BCUT2D eigenvalue weighted by atomic mass is 9.99. The number of hydrogen-bond donors (Lipinski definition) is 4. The highest BCUT2D eigenvalue weighted by molar-refractivity contribution is 6.07. The van der Waals surface area contributed by atoms with E-state index >= 15 is 0 Å². The average Bonchev–Trinajstić information content (AvgIpc) is 3.25. The third kappa shape index (κ3) is 2.25. The maximum absolute atomic E-state index is 11.8. The van der Waals surface area contributed by atoms with E-state index in [0.29, 0.717) is 27.8 Å². The van der Waals surface area contributed by atoms with Crippen molar-refractivity contribution in [3.8, 4) is 28.1 Å². The zero-order valence-electron chi connectivity index (χ0n) is 13.6. The van der Waals surface area contributed by atoms with Crippen molar-refractivity contribution in [2.75, 3.05) is 11.5 Å². The van der Waals surface area contributed by atoms with E-state index in [-0.39, 0.29) is 28.6 Å². The predicted octanol–water partition coefficient (Wildman–Crippen LogP) is 2.35. The van der Waals surface area contributed by atoms with Crippen molar-refractivity contribution in [1.82, 2.24) is 20.3 Å². The van der Waals surface area contributed by atoms with E-state index in [4.69, 9.17) is 16.0 Å². The van der Waals surface area contributed by atoms with Crippen LogP contribution in [0, 0.1) is 0 Å². The first-order valence-electron chi connectivity index (χ1n) is 7.64. The number of hydrogen-bond acceptors (Lipinski definition) is 8. The van der Waals surface area contributed by atoms with Crippen LogP contribution >= 0.6 is 0 Å². The number of anilines is 2. The number of phenolic OH excluding ortho intramolecular Hbond substituents is 1. The Morgan fingerprint density at radius 1 is 1.23 bits per heavy atom. The zero-order valence-corrected chi connectivity index (χ0v) is 13.6. The van der Waals surface area contributed by atoms with Crippen LogP contribution in [0.2, 0.25) is 0 Å². The number of H-pyrrole nitrogens is 1. The van der Waals surface area contributed by atoms with E-state index < -0.39 is 0 Å². The van der Waals surface area contributed by atoms with E-state index in [0.717, 1.165) is 5.56 Å². The monoisotopic (exact) mass is 350 g/mol. The smallest absolute Gasteiger partial charge is 0.180 e. The van der Waals surface area contributed by atoms with Gasteiger partial charge in [-0.15, -0.1) is 0 Å². The van der Waals surface area contributed by atoms with Crippen molar-refractivity contribution >= 4 is 28.3 Å². The molecule has 9 nitrogen and oxygen atoms in total. The number of phenols is 1. The highest BCUT2D eigenvalue weighted by Gasteiger charge is 2.22. The number of fused-ring (bicyclic) bond motifs is 1. The van der Waals surface area contributed by atoms with Gasteiger partial charge in [0.05, 0.1) is 17.3 Å². The number of Topliss-reactive ketones (excluding diaryl/α,β-unsaturated/α-hetero) is 1. The van der Waals surface area contributed by atoms with Gasteiger partial charge in [-0.2, -0.15) is 5.10 Å². The first-order valence-corrected chi connectivity index (χ1v) is 7.64. The Kier molecular flexibility index (Phi) is 3.36. The molecule has 0 bridgehead atoms. The number of nitrogens with zero attached hydrogens (tertiary/aromatic N) is 3. The van der Waals surface area contributed by atoms with E-state index in [1.165, 1.54) is 19.1 Å². The first kappa shape index (κ1) is 15.6. The maximum atomic E-state index is 11.8. The Morgan fingerprint density at radius 2 is 2.04 bits per heavy atom. The number of carbonyl (C=O) groups excluding carboxylic acids is 1. The topological polar surface area (TPSA) is 157 Å². The van der Waals surface area contributed by atoms with Crippen LogP contribution in [0.3, 0.4) is 0 Å². The van der Waals surface area contributed by atoms with Crippen molar-refractivity contribution in [3.05, 3.63) is 36.3 Å². The molecule has 26 heavy (non-hydrogen) atoms. The molecule has 6 N–H and O–H groups in total. The molecule has 0 radical (unpaired) electrons. The highest BCUT2D eigenvalue weighted by Crippen LogP contribution is 2.40. The van der Waals surface area contributed by atoms with Gasteiger partial charge in [-0.3, -0.25) is 14.9 Å². The molecular weight excluding hydrogens is 336 g/mol. The third-order valence-electron chi connectivity index (χ3n) is 4.13. The van der Waals surface area contributed by atoms with E-state index in [2.05, 4.69) is 20.3 Å². The largest absolute Gasteiger partial charge is 0.507 e. The van der Waals surface area contributed by atoms with Crippen LogP contribution in [0.25, 0.3) is 33.4 Å². The van der Waals surface area contributed by atoms with Crippen molar-refractivity contribution in [2.24, 2.45) is 0 Å². The second-order valence-electron chi connectivity index (χ2n) is 5.79. The second-order valence-corrected chi connectivity index (χ2v) is 5.79. The minimum Gasteiger partial charge on any atom is -0.507 e. The molecule has 0 fully saturated rings. The molecule has 4 aromatic rings. The average molecular weight is 350 g/mol. The molecule has 130 valence electrons. The van der Waals surface area contributed by atoms with Crippen LogP contribution < -0.4 is 11.5 Å². The summed E-state index contributed by atoms with van der Waals surface area (Å²) in [6, 6.07) is 2.80. The van der Waals surface area contributed by atoms with Crippen LogP contribution in [0.5, 0.6) is 5.75 Å². The fraction of sp³-hybridized carbons (Fsp3) is 0.0588. The van der Waals surface area contributed by atoms with Crippen LogP contribution in [0.4, 0.5) is 11.5 Å².